The number of rotatable bonds is 4. The first kappa shape index (κ1) is 15.5. The maximum atomic E-state index is 11.3. The summed E-state index contributed by atoms with van der Waals surface area (Å²) in [7, 11) is 0. The normalized spacial score (nSPS) is 24.0. The fourth-order valence-electron chi connectivity index (χ4n) is 2.70. The molecule has 0 saturated carbocycles. The number of hydrogen-bond donors (Lipinski definition) is 1. The Morgan fingerprint density at radius 1 is 1.27 bits per heavy atom. The highest BCUT2D eigenvalue weighted by Crippen LogP contribution is 2.51. The Morgan fingerprint density at radius 3 is 2.50 bits per heavy atom. The molecule has 118 valence electrons. The Hall–Kier alpha value is -1.43. The maximum Gasteiger partial charge on any atom is 0.137 e. The number of ether oxygens (including phenoxy) is 1. The van der Waals surface area contributed by atoms with Gasteiger partial charge in [-0.2, -0.15) is 5.10 Å². The van der Waals surface area contributed by atoms with Crippen LogP contribution in [0, 0.1) is 5.41 Å². The summed E-state index contributed by atoms with van der Waals surface area (Å²) in [5.74, 6) is 0. The second-order valence-electron chi connectivity index (χ2n) is 6.80. The number of hydrogen-bond acceptors (Lipinski definition) is 4. The molecular weight excluding hydrogens is 302 g/mol. The van der Waals surface area contributed by atoms with Gasteiger partial charge in [0, 0.05) is 5.02 Å². The SMILES string of the molecule is CC(C)(C)[C@@](O)(Cn1cncn1)[C@@H]1O[C@@H]1c1ccc(Cl)cc1. The fraction of sp³-hybridized carbons (Fsp3) is 0.500. The van der Waals surface area contributed by atoms with E-state index < -0.39 is 5.60 Å². The number of epoxide rings is 1. The van der Waals surface area contributed by atoms with E-state index in [9.17, 15) is 5.11 Å². The monoisotopic (exact) mass is 321 g/mol. The van der Waals surface area contributed by atoms with Crippen LogP contribution < -0.4 is 0 Å². The summed E-state index contributed by atoms with van der Waals surface area (Å²) in [4.78, 5) is 3.94. The van der Waals surface area contributed by atoms with Crippen LogP contribution in [0.5, 0.6) is 0 Å². The summed E-state index contributed by atoms with van der Waals surface area (Å²) < 4.78 is 7.47. The second kappa shape index (κ2) is 5.33. The molecular formula is C16H20ClN3O2. The highest BCUT2D eigenvalue weighted by atomic mass is 35.5. The molecule has 2 heterocycles. The molecule has 0 aliphatic carbocycles. The van der Waals surface area contributed by atoms with Gasteiger partial charge < -0.3 is 9.84 Å². The third-order valence-electron chi connectivity index (χ3n) is 4.33. The quantitative estimate of drug-likeness (QED) is 0.880. The molecule has 0 bridgehead atoms. The zero-order valence-corrected chi connectivity index (χ0v) is 13.7. The molecule has 1 saturated heterocycles. The Bertz CT molecular complexity index is 636. The highest BCUT2D eigenvalue weighted by Gasteiger charge is 2.60. The van der Waals surface area contributed by atoms with Crippen molar-refractivity contribution in [3.63, 3.8) is 0 Å². The van der Waals surface area contributed by atoms with Crippen molar-refractivity contribution in [2.75, 3.05) is 0 Å². The summed E-state index contributed by atoms with van der Waals surface area (Å²) in [6.45, 7) is 6.35. The van der Waals surface area contributed by atoms with E-state index in [0.717, 1.165) is 5.56 Å². The van der Waals surface area contributed by atoms with E-state index in [4.69, 9.17) is 16.3 Å². The van der Waals surface area contributed by atoms with Gasteiger partial charge in [-0.15, -0.1) is 0 Å². The summed E-state index contributed by atoms with van der Waals surface area (Å²) in [5.41, 5.74) is -0.397. The molecule has 0 amide bonds. The molecule has 1 aromatic heterocycles. The third kappa shape index (κ3) is 2.76. The van der Waals surface area contributed by atoms with Crippen LogP contribution in [0.3, 0.4) is 0 Å². The number of benzene rings is 1. The van der Waals surface area contributed by atoms with Crippen LogP contribution in [0.15, 0.2) is 36.9 Å². The molecule has 1 aromatic carbocycles. The molecule has 0 unspecified atom stereocenters. The van der Waals surface area contributed by atoms with Gasteiger partial charge in [0.15, 0.2) is 0 Å². The van der Waals surface area contributed by atoms with E-state index in [1.165, 1.54) is 6.33 Å². The molecule has 3 rings (SSSR count). The lowest BCUT2D eigenvalue weighted by Crippen LogP contribution is -2.51. The van der Waals surface area contributed by atoms with Crippen molar-refractivity contribution in [2.24, 2.45) is 5.41 Å². The molecule has 2 aromatic rings. The third-order valence-corrected chi connectivity index (χ3v) is 4.58. The van der Waals surface area contributed by atoms with Gasteiger partial charge in [0.25, 0.3) is 0 Å². The van der Waals surface area contributed by atoms with Crippen molar-refractivity contribution < 1.29 is 9.84 Å². The van der Waals surface area contributed by atoms with Crippen molar-refractivity contribution >= 4 is 11.6 Å². The number of aromatic nitrogens is 3. The molecule has 1 fully saturated rings. The van der Waals surface area contributed by atoms with Crippen LogP contribution in [0.1, 0.15) is 32.4 Å². The first-order chi connectivity index (χ1) is 10.3. The smallest absolute Gasteiger partial charge is 0.137 e. The van der Waals surface area contributed by atoms with E-state index in [1.54, 1.807) is 11.0 Å². The van der Waals surface area contributed by atoms with E-state index in [-0.39, 0.29) is 17.6 Å². The van der Waals surface area contributed by atoms with Crippen molar-refractivity contribution in [3.8, 4) is 0 Å². The summed E-state index contributed by atoms with van der Waals surface area (Å²) in [6, 6.07) is 7.55. The molecule has 22 heavy (non-hydrogen) atoms. The van der Waals surface area contributed by atoms with E-state index in [1.807, 2.05) is 45.0 Å². The van der Waals surface area contributed by atoms with Gasteiger partial charge in [0.1, 0.15) is 30.5 Å². The van der Waals surface area contributed by atoms with E-state index in [2.05, 4.69) is 10.1 Å². The second-order valence-corrected chi connectivity index (χ2v) is 7.23. The maximum absolute atomic E-state index is 11.3. The van der Waals surface area contributed by atoms with E-state index in [0.29, 0.717) is 11.6 Å². The summed E-state index contributed by atoms with van der Waals surface area (Å²) in [6.07, 6.45) is 2.67. The largest absolute Gasteiger partial charge is 0.385 e. The predicted octanol–water partition coefficient (Wildman–Crippen LogP) is 2.85. The topological polar surface area (TPSA) is 63.5 Å². The molecule has 1 N–H and O–H groups in total. The van der Waals surface area contributed by atoms with Gasteiger partial charge in [0.05, 0.1) is 6.54 Å². The van der Waals surface area contributed by atoms with Gasteiger partial charge in [0.2, 0.25) is 0 Å². The van der Waals surface area contributed by atoms with Crippen LogP contribution in [-0.4, -0.2) is 31.6 Å². The highest BCUT2D eigenvalue weighted by molar-refractivity contribution is 6.30. The average molecular weight is 322 g/mol. The van der Waals surface area contributed by atoms with Crippen LogP contribution in [-0.2, 0) is 11.3 Å². The molecule has 1 aliphatic rings. The van der Waals surface area contributed by atoms with Gasteiger partial charge in [-0.3, -0.25) is 0 Å². The number of nitrogens with zero attached hydrogens (tertiary/aromatic N) is 3. The Labute approximate surface area is 134 Å². The van der Waals surface area contributed by atoms with Crippen LogP contribution in [0.2, 0.25) is 5.02 Å². The number of aliphatic hydroxyl groups is 1. The molecule has 3 atom stereocenters. The first-order valence-corrected chi connectivity index (χ1v) is 7.65. The minimum atomic E-state index is -1.05. The summed E-state index contributed by atoms with van der Waals surface area (Å²) in [5, 5.41) is 16.1. The Morgan fingerprint density at radius 2 is 1.95 bits per heavy atom. The van der Waals surface area contributed by atoms with Crippen LogP contribution in [0.4, 0.5) is 0 Å². The summed E-state index contributed by atoms with van der Waals surface area (Å²) >= 11 is 5.92. The molecule has 0 radical (unpaired) electrons. The zero-order chi connectivity index (χ0) is 16.0. The average Bonchev–Trinajstić information content (AvgIpc) is 3.09. The van der Waals surface area contributed by atoms with Gasteiger partial charge in [-0.25, -0.2) is 9.67 Å². The Balaban J connectivity index is 1.84. The Kier molecular flexibility index (Phi) is 3.75. The van der Waals surface area contributed by atoms with Crippen molar-refractivity contribution in [2.45, 2.75) is 45.1 Å². The van der Waals surface area contributed by atoms with Crippen molar-refractivity contribution in [1.82, 2.24) is 14.8 Å². The van der Waals surface area contributed by atoms with Gasteiger partial charge >= 0.3 is 0 Å². The minimum absolute atomic E-state index is 0.120. The molecule has 6 heteroatoms. The van der Waals surface area contributed by atoms with Gasteiger partial charge in [-0.05, 0) is 23.1 Å². The predicted molar refractivity (Wildman–Crippen MR) is 83.5 cm³/mol. The molecule has 1 aliphatic heterocycles. The van der Waals surface area contributed by atoms with Crippen LogP contribution in [0.25, 0.3) is 0 Å². The zero-order valence-electron chi connectivity index (χ0n) is 12.9. The van der Waals surface area contributed by atoms with Gasteiger partial charge in [-0.1, -0.05) is 44.5 Å². The molecule has 0 spiro atoms. The lowest BCUT2D eigenvalue weighted by Gasteiger charge is -2.39. The van der Waals surface area contributed by atoms with E-state index >= 15 is 0 Å². The minimum Gasteiger partial charge on any atom is -0.385 e. The van der Waals surface area contributed by atoms with Crippen molar-refractivity contribution in [1.29, 1.82) is 0 Å². The van der Waals surface area contributed by atoms with Crippen LogP contribution >= 0.6 is 11.6 Å². The van der Waals surface area contributed by atoms with Crippen molar-refractivity contribution in [3.05, 3.63) is 47.5 Å². The first-order valence-electron chi connectivity index (χ1n) is 7.27. The lowest BCUT2D eigenvalue weighted by molar-refractivity contribution is -0.0925. The number of halogens is 1. The fourth-order valence-corrected chi connectivity index (χ4v) is 2.82. The standard InChI is InChI=1S/C16H20ClN3O2/c1-15(2,3)16(21,8-20-10-18-9-19-20)14-13(22-14)11-4-6-12(17)7-5-11/h4-7,9-10,13-14,21H,8H2,1-3H3/t13-,14-,16-/m1/s1. The lowest BCUT2D eigenvalue weighted by atomic mass is 9.73. The molecule has 5 nitrogen and oxygen atoms in total.